The molecule has 0 amide bonds. The molecule has 1 unspecified atom stereocenters. The van der Waals surface area contributed by atoms with Gasteiger partial charge in [-0.3, -0.25) is 0 Å². The first-order valence-electron chi connectivity index (χ1n) is 7.64. The highest BCUT2D eigenvalue weighted by Gasteiger charge is 2.21. The third-order valence-corrected chi connectivity index (χ3v) is 3.52. The Labute approximate surface area is 121 Å². The van der Waals surface area contributed by atoms with Crippen molar-refractivity contribution in [2.24, 2.45) is 0 Å². The molecular formula is C14H25N5O. The molecule has 1 aliphatic rings. The van der Waals surface area contributed by atoms with Crippen LogP contribution < -0.4 is 15.0 Å². The van der Waals surface area contributed by atoms with E-state index in [4.69, 9.17) is 4.74 Å². The van der Waals surface area contributed by atoms with Crippen LogP contribution in [-0.2, 0) is 0 Å². The molecular weight excluding hydrogens is 254 g/mol. The lowest BCUT2D eigenvalue weighted by Gasteiger charge is -2.27. The van der Waals surface area contributed by atoms with Crippen molar-refractivity contribution in [3.8, 4) is 6.01 Å². The normalized spacial score (nSPS) is 19.6. The third kappa shape index (κ3) is 3.71. The van der Waals surface area contributed by atoms with Gasteiger partial charge in [-0.05, 0) is 33.6 Å². The number of aromatic nitrogens is 3. The summed E-state index contributed by atoms with van der Waals surface area (Å²) in [4.78, 5) is 15.5. The molecule has 1 aromatic rings. The summed E-state index contributed by atoms with van der Waals surface area (Å²) in [7, 11) is 0. The topological polar surface area (TPSA) is 63.2 Å². The fourth-order valence-corrected chi connectivity index (χ4v) is 2.48. The monoisotopic (exact) mass is 279 g/mol. The molecule has 20 heavy (non-hydrogen) atoms. The van der Waals surface area contributed by atoms with Gasteiger partial charge in [-0.2, -0.15) is 15.0 Å². The lowest BCUT2D eigenvalue weighted by Crippen LogP contribution is -2.34. The first-order chi connectivity index (χ1) is 9.74. The maximum absolute atomic E-state index is 5.46. The van der Waals surface area contributed by atoms with Gasteiger partial charge in [-0.25, -0.2) is 0 Å². The van der Waals surface area contributed by atoms with Gasteiger partial charge in [0.05, 0.1) is 6.61 Å². The number of hydrogen-bond acceptors (Lipinski definition) is 6. The van der Waals surface area contributed by atoms with Crippen molar-refractivity contribution in [3.05, 3.63) is 0 Å². The fourth-order valence-electron chi connectivity index (χ4n) is 2.48. The molecule has 6 heteroatoms. The smallest absolute Gasteiger partial charge is 0.323 e. The predicted octanol–water partition coefficient (Wildman–Crippen LogP) is 2.47. The first kappa shape index (κ1) is 14.8. The first-order valence-corrected chi connectivity index (χ1v) is 7.64. The second-order valence-electron chi connectivity index (χ2n) is 5.10. The van der Waals surface area contributed by atoms with Crippen molar-refractivity contribution in [3.63, 3.8) is 0 Å². The number of ether oxygens (including phenoxy) is 1. The molecule has 6 nitrogen and oxygen atoms in total. The second kappa shape index (κ2) is 7.26. The maximum atomic E-state index is 5.46. The van der Waals surface area contributed by atoms with Crippen LogP contribution in [0.2, 0.25) is 0 Å². The molecule has 2 heterocycles. The van der Waals surface area contributed by atoms with Gasteiger partial charge < -0.3 is 15.0 Å². The second-order valence-corrected chi connectivity index (χ2v) is 5.10. The Morgan fingerprint density at radius 1 is 1.20 bits per heavy atom. The molecule has 2 rings (SSSR count). The Morgan fingerprint density at radius 3 is 2.80 bits per heavy atom. The van der Waals surface area contributed by atoms with Crippen molar-refractivity contribution in [1.82, 2.24) is 15.0 Å². The summed E-state index contributed by atoms with van der Waals surface area (Å²) in [5, 5.41) is 3.15. The highest BCUT2D eigenvalue weighted by Crippen LogP contribution is 2.23. The minimum atomic E-state index is 0.407. The standard InChI is InChI=1S/C14H25N5O/c1-4-15-12-16-13(18-14(17-12)20-5-2)19-10-8-6-7-9-11(19)3/h11H,4-10H2,1-3H3,(H,15,16,17,18). The van der Waals surface area contributed by atoms with E-state index in [1.165, 1.54) is 25.7 Å². The average Bonchev–Trinajstić information content (AvgIpc) is 2.64. The van der Waals surface area contributed by atoms with Gasteiger partial charge in [0.1, 0.15) is 0 Å². The summed E-state index contributed by atoms with van der Waals surface area (Å²) >= 11 is 0. The van der Waals surface area contributed by atoms with Crippen molar-refractivity contribution in [2.45, 2.75) is 52.5 Å². The van der Waals surface area contributed by atoms with Crippen LogP contribution >= 0.6 is 0 Å². The van der Waals surface area contributed by atoms with E-state index in [2.05, 4.69) is 32.1 Å². The Hall–Kier alpha value is -1.59. The van der Waals surface area contributed by atoms with Gasteiger partial charge in [-0.15, -0.1) is 0 Å². The highest BCUT2D eigenvalue weighted by atomic mass is 16.5. The molecule has 0 saturated carbocycles. The van der Waals surface area contributed by atoms with Gasteiger partial charge >= 0.3 is 6.01 Å². The van der Waals surface area contributed by atoms with Crippen LogP contribution in [0.3, 0.4) is 0 Å². The van der Waals surface area contributed by atoms with E-state index in [-0.39, 0.29) is 0 Å². The maximum Gasteiger partial charge on any atom is 0.323 e. The zero-order valence-corrected chi connectivity index (χ0v) is 12.7. The highest BCUT2D eigenvalue weighted by molar-refractivity contribution is 5.39. The van der Waals surface area contributed by atoms with Crippen molar-refractivity contribution in [2.75, 3.05) is 29.9 Å². The van der Waals surface area contributed by atoms with Crippen LogP contribution in [0.5, 0.6) is 6.01 Å². The van der Waals surface area contributed by atoms with Crippen LogP contribution in [0.4, 0.5) is 11.9 Å². The fraction of sp³-hybridized carbons (Fsp3) is 0.786. The van der Waals surface area contributed by atoms with Crippen LogP contribution in [-0.4, -0.2) is 40.7 Å². The van der Waals surface area contributed by atoms with Gasteiger partial charge in [-0.1, -0.05) is 12.8 Å². The molecule has 0 aliphatic carbocycles. The van der Waals surface area contributed by atoms with Crippen LogP contribution in [0.25, 0.3) is 0 Å². The minimum absolute atomic E-state index is 0.407. The zero-order valence-electron chi connectivity index (χ0n) is 12.7. The summed E-state index contributed by atoms with van der Waals surface area (Å²) in [6.07, 6.45) is 4.94. The number of nitrogens with zero attached hydrogens (tertiary/aromatic N) is 4. The molecule has 1 fully saturated rings. The van der Waals surface area contributed by atoms with Crippen LogP contribution in [0.1, 0.15) is 46.5 Å². The molecule has 0 radical (unpaired) electrons. The summed E-state index contributed by atoms with van der Waals surface area (Å²) < 4.78 is 5.46. The van der Waals surface area contributed by atoms with E-state index < -0.39 is 0 Å². The predicted molar refractivity (Wildman–Crippen MR) is 80.4 cm³/mol. The van der Waals surface area contributed by atoms with E-state index in [0.717, 1.165) is 19.0 Å². The SMILES string of the molecule is CCNc1nc(OCC)nc(N2CCCCCC2C)n1. The molecule has 1 N–H and O–H groups in total. The average molecular weight is 279 g/mol. The Morgan fingerprint density at radius 2 is 2.05 bits per heavy atom. The summed E-state index contributed by atoms with van der Waals surface area (Å²) in [5.41, 5.74) is 0. The van der Waals surface area contributed by atoms with E-state index in [9.17, 15) is 0 Å². The Balaban J connectivity index is 2.27. The molecule has 0 bridgehead atoms. The minimum Gasteiger partial charge on any atom is -0.464 e. The number of nitrogens with one attached hydrogen (secondary N) is 1. The van der Waals surface area contributed by atoms with Gasteiger partial charge in [0.15, 0.2) is 0 Å². The summed E-state index contributed by atoms with van der Waals surface area (Å²) in [6.45, 7) is 8.54. The summed E-state index contributed by atoms with van der Waals surface area (Å²) in [6, 6.07) is 0.869. The van der Waals surface area contributed by atoms with Crippen molar-refractivity contribution >= 4 is 11.9 Å². The quantitative estimate of drug-likeness (QED) is 0.893. The van der Waals surface area contributed by atoms with E-state index in [1.807, 2.05) is 13.8 Å². The number of hydrogen-bond donors (Lipinski definition) is 1. The molecule has 1 aliphatic heterocycles. The molecule has 1 saturated heterocycles. The lowest BCUT2D eigenvalue weighted by atomic mass is 10.1. The lowest BCUT2D eigenvalue weighted by molar-refractivity contribution is 0.311. The van der Waals surface area contributed by atoms with E-state index in [0.29, 0.717) is 24.6 Å². The van der Waals surface area contributed by atoms with Gasteiger partial charge in [0.2, 0.25) is 11.9 Å². The number of anilines is 2. The molecule has 0 aromatic carbocycles. The molecule has 1 atom stereocenters. The number of rotatable bonds is 5. The molecule has 1 aromatic heterocycles. The Kier molecular flexibility index (Phi) is 5.38. The summed E-state index contributed by atoms with van der Waals surface area (Å²) in [5.74, 6) is 1.33. The largest absolute Gasteiger partial charge is 0.464 e. The molecule has 112 valence electrons. The van der Waals surface area contributed by atoms with Gasteiger partial charge in [0.25, 0.3) is 0 Å². The van der Waals surface area contributed by atoms with Crippen molar-refractivity contribution < 1.29 is 4.74 Å². The van der Waals surface area contributed by atoms with Crippen LogP contribution in [0.15, 0.2) is 0 Å². The van der Waals surface area contributed by atoms with E-state index >= 15 is 0 Å². The molecule has 0 spiro atoms. The van der Waals surface area contributed by atoms with Crippen LogP contribution in [0, 0.1) is 0 Å². The van der Waals surface area contributed by atoms with E-state index in [1.54, 1.807) is 0 Å². The zero-order chi connectivity index (χ0) is 14.4. The van der Waals surface area contributed by atoms with Gasteiger partial charge in [0, 0.05) is 19.1 Å². The Bertz CT molecular complexity index is 402. The third-order valence-electron chi connectivity index (χ3n) is 3.52. The van der Waals surface area contributed by atoms with Crippen molar-refractivity contribution in [1.29, 1.82) is 0 Å².